The summed E-state index contributed by atoms with van der Waals surface area (Å²) in [5, 5.41) is 21.0. The topological polar surface area (TPSA) is 133 Å². The van der Waals surface area contributed by atoms with Crippen LogP contribution < -0.4 is 10.6 Å². The molecule has 1 unspecified atom stereocenters. The second-order valence-corrected chi connectivity index (χ2v) is 6.00. The van der Waals surface area contributed by atoms with Gasteiger partial charge in [-0.25, -0.2) is 0 Å². The first-order chi connectivity index (χ1) is 11.5. The molecule has 0 bridgehead atoms. The van der Waals surface area contributed by atoms with Gasteiger partial charge in [-0.2, -0.15) is 5.10 Å². The summed E-state index contributed by atoms with van der Waals surface area (Å²) in [5.74, 6) is -1.00. The van der Waals surface area contributed by atoms with Crippen molar-refractivity contribution in [3.63, 3.8) is 0 Å². The SMILES string of the molecule is O=C(O)CCCNC(=O)CC1S/C(=N/N=C/c2ccco2)NC1=O. The monoisotopic (exact) mass is 352 g/mol. The summed E-state index contributed by atoms with van der Waals surface area (Å²) >= 11 is 1.12. The summed E-state index contributed by atoms with van der Waals surface area (Å²) < 4.78 is 5.05. The Morgan fingerprint density at radius 2 is 2.33 bits per heavy atom. The maximum atomic E-state index is 11.8. The van der Waals surface area contributed by atoms with Gasteiger partial charge in [0.05, 0.1) is 12.5 Å². The Morgan fingerprint density at radius 3 is 3.04 bits per heavy atom. The molecule has 1 aliphatic heterocycles. The van der Waals surface area contributed by atoms with E-state index >= 15 is 0 Å². The van der Waals surface area contributed by atoms with Gasteiger partial charge >= 0.3 is 5.97 Å². The van der Waals surface area contributed by atoms with Gasteiger partial charge in [0.15, 0.2) is 5.17 Å². The number of aliphatic carboxylic acids is 1. The molecule has 1 saturated heterocycles. The third-order valence-corrected chi connectivity index (χ3v) is 3.99. The largest absolute Gasteiger partial charge is 0.481 e. The van der Waals surface area contributed by atoms with Crippen LogP contribution in [0.5, 0.6) is 0 Å². The van der Waals surface area contributed by atoms with E-state index in [2.05, 4.69) is 20.8 Å². The predicted octanol–water partition coefficient (Wildman–Crippen LogP) is 0.572. The molecule has 0 radical (unpaired) electrons. The Bertz CT molecular complexity index is 656. The highest BCUT2D eigenvalue weighted by molar-refractivity contribution is 8.15. The first kappa shape index (κ1) is 17.7. The van der Waals surface area contributed by atoms with Gasteiger partial charge < -0.3 is 20.2 Å². The van der Waals surface area contributed by atoms with E-state index in [-0.39, 0.29) is 31.2 Å². The molecule has 0 aromatic carbocycles. The fourth-order valence-electron chi connectivity index (χ4n) is 1.80. The lowest BCUT2D eigenvalue weighted by molar-refractivity contribution is -0.137. The van der Waals surface area contributed by atoms with E-state index in [9.17, 15) is 14.4 Å². The first-order valence-corrected chi connectivity index (χ1v) is 8.03. The molecule has 1 aromatic rings. The average Bonchev–Trinajstić information content (AvgIpc) is 3.14. The average molecular weight is 352 g/mol. The number of hydrogen-bond acceptors (Lipinski definition) is 7. The fraction of sp³-hybridized carbons (Fsp3) is 0.357. The van der Waals surface area contributed by atoms with Crippen LogP contribution in [0.25, 0.3) is 0 Å². The Kier molecular flexibility index (Phi) is 6.55. The molecule has 1 aliphatic rings. The molecule has 1 atom stereocenters. The molecule has 1 fully saturated rings. The number of hydrogen-bond donors (Lipinski definition) is 3. The molecule has 10 heteroatoms. The Labute approximate surface area is 141 Å². The minimum absolute atomic E-state index is 0.00943. The minimum Gasteiger partial charge on any atom is -0.481 e. The summed E-state index contributed by atoms with van der Waals surface area (Å²) in [6, 6.07) is 3.42. The lowest BCUT2D eigenvalue weighted by atomic mass is 10.2. The van der Waals surface area contributed by atoms with Crippen molar-refractivity contribution in [1.29, 1.82) is 0 Å². The molecule has 128 valence electrons. The zero-order valence-electron chi connectivity index (χ0n) is 12.6. The van der Waals surface area contributed by atoms with Crippen molar-refractivity contribution >= 4 is 40.9 Å². The van der Waals surface area contributed by atoms with Gasteiger partial charge in [-0.3, -0.25) is 14.4 Å². The van der Waals surface area contributed by atoms with Crippen LogP contribution >= 0.6 is 11.8 Å². The highest BCUT2D eigenvalue weighted by Gasteiger charge is 2.32. The van der Waals surface area contributed by atoms with Crippen molar-refractivity contribution in [2.75, 3.05) is 6.54 Å². The maximum Gasteiger partial charge on any atom is 0.303 e. The molecule has 2 heterocycles. The maximum absolute atomic E-state index is 11.8. The lowest BCUT2D eigenvalue weighted by Crippen LogP contribution is -2.31. The van der Waals surface area contributed by atoms with Crippen molar-refractivity contribution in [3.8, 4) is 0 Å². The number of nitrogens with one attached hydrogen (secondary N) is 2. The third-order valence-electron chi connectivity index (χ3n) is 2.91. The van der Waals surface area contributed by atoms with E-state index in [4.69, 9.17) is 9.52 Å². The molecule has 2 amide bonds. The highest BCUT2D eigenvalue weighted by Crippen LogP contribution is 2.22. The molecule has 9 nitrogen and oxygen atoms in total. The number of carbonyl (C=O) groups is 3. The Morgan fingerprint density at radius 1 is 1.50 bits per heavy atom. The summed E-state index contributed by atoms with van der Waals surface area (Å²) in [6.07, 6.45) is 3.24. The van der Waals surface area contributed by atoms with Crippen LogP contribution in [-0.4, -0.2) is 46.1 Å². The van der Waals surface area contributed by atoms with Gasteiger partial charge in [0.1, 0.15) is 11.0 Å². The normalized spacial score (nSPS) is 18.9. The molecule has 24 heavy (non-hydrogen) atoms. The third kappa shape index (κ3) is 5.88. The van der Waals surface area contributed by atoms with E-state index in [0.717, 1.165) is 11.8 Å². The number of carboxylic acids is 1. The van der Waals surface area contributed by atoms with E-state index in [1.165, 1.54) is 12.5 Å². The zero-order chi connectivity index (χ0) is 17.4. The number of furan rings is 1. The molecule has 0 aliphatic carbocycles. The number of nitrogens with zero attached hydrogens (tertiary/aromatic N) is 2. The van der Waals surface area contributed by atoms with E-state index in [0.29, 0.717) is 17.3 Å². The van der Waals surface area contributed by atoms with Gasteiger partial charge in [-0.1, -0.05) is 11.8 Å². The van der Waals surface area contributed by atoms with Crippen molar-refractivity contribution in [3.05, 3.63) is 24.2 Å². The molecular weight excluding hydrogens is 336 g/mol. The number of thioether (sulfide) groups is 1. The van der Waals surface area contributed by atoms with Crippen LogP contribution in [-0.2, 0) is 14.4 Å². The minimum atomic E-state index is -0.911. The quantitative estimate of drug-likeness (QED) is 0.356. The molecular formula is C14H16N4O5S. The van der Waals surface area contributed by atoms with E-state index in [1.54, 1.807) is 12.1 Å². The summed E-state index contributed by atoms with van der Waals surface area (Å²) in [7, 11) is 0. The second-order valence-electron chi connectivity index (χ2n) is 4.81. The summed E-state index contributed by atoms with van der Waals surface area (Å²) in [6.45, 7) is 0.262. The van der Waals surface area contributed by atoms with Crippen molar-refractivity contribution in [2.45, 2.75) is 24.5 Å². The molecule has 0 saturated carbocycles. The number of carbonyl (C=O) groups excluding carboxylic acids is 2. The zero-order valence-corrected chi connectivity index (χ0v) is 13.4. The number of amides is 2. The number of carboxylic acid groups (broad SMARTS) is 1. The Hall–Kier alpha value is -2.62. The highest BCUT2D eigenvalue weighted by atomic mass is 32.2. The summed E-state index contributed by atoms with van der Waals surface area (Å²) in [4.78, 5) is 33.9. The first-order valence-electron chi connectivity index (χ1n) is 7.15. The van der Waals surface area contributed by atoms with Crippen molar-refractivity contribution in [1.82, 2.24) is 10.6 Å². The van der Waals surface area contributed by atoms with Crippen LogP contribution in [0.3, 0.4) is 0 Å². The van der Waals surface area contributed by atoms with Gasteiger partial charge in [-0.15, -0.1) is 5.10 Å². The van der Waals surface area contributed by atoms with Gasteiger partial charge in [0.25, 0.3) is 0 Å². The smallest absolute Gasteiger partial charge is 0.303 e. The van der Waals surface area contributed by atoms with Crippen LogP contribution in [0, 0.1) is 0 Å². The predicted molar refractivity (Wildman–Crippen MR) is 87.8 cm³/mol. The van der Waals surface area contributed by atoms with Crippen molar-refractivity contribution < 1.29 is 23.9 Å². The molecule has 1 aromatic heterocycles. The number of amidine groups is 1. The van der Waals surface area contributed by atoms with Crippen LogP contribution in [0.15, 0.2) is 33.0 Å². The second kappa shape index (κ2) is 8.87. The molecule has 2 rings (SSSR count). The summed E-state index contributed by atoms with van der Waals surface area (Å²) in [5.41, 5.74) is 0. The van der Waals surface area contributed by atoms with Crippen molar-refractivity contribution in [2.24, 2.45) is 10.2 Å². The molecule has 0 spiro atoms. The lowest BCUT2D eigenvalue weighted by Gasteiger charge is -2.06. The van der Waals surface area contributed by atoms with Gasteiger partial charge in [0.2, 0.25) is 11.8 Å². The van der Waals surface area contributed by atoms with Crippen LogP contribution in [0.1, 0.15) is 25.0 Å². The van der Waals surface area contributed by atoms with Crippen LogP contribution in [0.4, 0.5) is 0 Å². The van der Waals surface area contributed by atoms with Crippen LogP contribution in [0.2, 0.25) is 0 Å². The van der Waals surface area contributed by atoms with E-state index in [1.807, 2.05) is 0 Å². The Balaban J connectivity index is 1.75. The number of rotatable bonds is 8. The molecule has 3 N–H and O–H groups in total. The van der Waals surface area contributed by atoms with Gasteiger partial charge in [0, 0.05) is 19.4 Å². The standard InChI is InChI=1S/C14H16N4O5S/c19-11(15-5-1-4-12(20)21)7-10-13(22)17-14(24-10)18-16-8-9-3-2-6-23-9/h2-3,6,8,10H,1,4-5,7H2,(H,15,19)(H,20,21)(H,17,18,22)/b16-8+. The van der Waals surface area contributed by atoms with Gasteiger partial charge in [-0.05, 0) is 18.6 Å². The fourth-order valence-corrected chi connectivity index (χ4v) is 2.72. The van der Waals surface area contributed by atoms with E-state index < -0.39 is 11.2 Å².